The van der Waals surface area contributed by atoms with Crippen LogP contribution in [0.4, 0.5) is 0 Å². The minimum absolute atomic E-state index is 0.640. The van der Waals surface area contributed by atoms with Crippen LogP contribution in [0.5, 0.6) is 0 Å². The van der Waals surface area contributed by atoms with E-state index in [0.717, 1.165) is 19.0 Å². The second kappa shape index (κ2) is 8.50. The van der Waals surface area contributed by atoms with Crippen molar-refractivity contribution in [3.63, 3.8) is 0 Å². The summed E-state index contributed by atoms with van der Waals surface area (Å²) in [6.45, 7) is 10.1. The molecule has 0 aromatic carbocycles. The molecule has 2 aliphatic rings. The fourth-order valence-electron chi connectivity index (χ4n) is 3.29. The molecule has 1 atom stereocenters. The summed E-state index contributed by atoms with van der Waals surface area (Å²) in [4.78, 5) is 7.37. The second-order valence-electron chi connectivity index (χ2n) is 6.46. The van der Waals surface area contributed by atoms with E-state index in [1.165, 1.54) is 58.2 Å². The molecule has 20 heavy (non-hydrogen) atoms. The molecule has 2 N–H and O–H groups in total. The molecule has 4 nitrogen and oxygen atoms in total. The van der Waals surface area contributed by atoms with Crippen molar-refractivity contribution in [1.29, 1.82) is 0 Å². The van der Waals surface area contributed by atoms with E-state index >= 15 is 0 Å². The minimum Gasteiger partial charge on any atom is -0.357 e. The normalized spacial score (nSPS) is 23.2. The number of nitrogens with one attached hydrogen (secondary N) is 2. The van der Waals surface area contributed by atoms with Crippen LogP contribution in [0, 0.1) is 5.92 Å². The summed E-state index contributed by atoms with van der Waals surface area (Å²) in [6, 6.07) is 0.640. The number of guanidine groups is 1. The molecule has 1 heterocycles. The zero-order chi connectivity index (χ0) is 14.2. The largest absolute Gasteiger partial charge is 0.357 e. The highest BCUT2D eigenvalue weighted by atomic mass is 15.2. The predicted molar refractivity (Wildman–Crippen MR) is 86.2 cm³/mol. The van der Waals surface area contributed by atoms with Gasteiger partial charge in [-0.2, -0.15) is 0 Å². The SMILES string of the molecule is CCNC(=NCC(C)CN1CCCC1)NC1CCCC1. The topological polar surface area (TPSA) is 39.7 Å². The Morgan fingerprint density at radius 1 is 1.20 bits per heavy atom. The molecule has 0 aromatic rings. The third kappa shape index (κ3) is 5.31. The average Bonchev–Trinajstić information content (AvgIpc) is 3.09. The summed E-state index contributed by atoms with van der Waals surface area (Å²) < 4.78 is 0. The average molecular weight is 280 g/mol. The molecule has 0 aromatic heterocycles. The standard InChI is InChI=1S/C16H32N4/c1-3-17-16(19-15-8-4-5-9-15)18-12-14(2)13-20-10-6-7-11-20/h14-15H,3-13H2,1-2H3,(H2,17,18,19). The fourth-order valence-corrected chi connectivity index (χ4v) is 3.29. The fraction of sp³-hybridized carbons (Fsp3) is 0.938. The smallest absolute Gasteiger partial charge is 0.191 e. The third-order valence-electron chi connectivity index (χ3n) is 4.37. The lowest BCUT2D eigenvalue weighted by Crippen LogP contribution is -2.42. The first-order valence-electron chi connectivity index (χ1n) is 8.55. The minimum atomic E-state index is 0.640. The van der Waals surface area contributed by atoms with Crippen LogP contribution >= 0.6 is 0 Å². The van der Waals surface area contributed by atoms with Gasteiger partial charge in [0.05, 0.1) is 0 Å². The molecular formula is C16H32N4. The maximum atomic E-state index is 4.79. The Morgan fingerprint density at radius 2 is 1.90 bits per heavy atom. The highest BCUT2D eigenvalue weighted by Crippen LogP contribution is 2.17. The van der Waals surface area contributed by atoms with Crippen LogP contribution in [0.3, 0.4) is 0 Å². The first kappa shape index (κ1) is 15.6. The van der Waals surface area contributed by atoms with Gasteiger partial charge in [-0.1, -0.05) is 19.8 Å². The van der Waals surface area contributed by atoms with Crippen LogP contribution in [-0.2, 0) is 0 Å². The molecule has 2 rings (SSSR count). The zero-order valence-electron chi connectivity index (χ0n) is 13.3. The van der Waals surface area contributed by atoms with Gasteiger partial charge < -0.3 is 15.5 Å². The molecule has 116 valence electrons. The van der Waals surface area contributed by atoms with E-state index in [1.807, 2.05) is 0 Å². The Morgan fingerprint density at radius 3 is 2.55 bits per heavy atom. The first-order valence-corrected chi connectivity index (χ1v) is 8.55. The van der Waals surface area contributed by atoms with Crippen molar-refractivity contribution < 1.29 is 0 Å². The predicted octanol–water partition coefficient (Wildman–Crippen LogP) is 2.22. The summed E-state index contributed by atoms with van der Waals surface area (Å²) in [6.07, 6.45) is 8.08. The first-order chi connectivity index (χ1) is 9.78. The van der Waals surface area contributed by atoms with Crippen molar-refractivity contribution in [2.24, 2.45) is 10.9 Å². The van der Waals surface area contributed by atoms with Crippen molar-refractivity contribution in [3.05, 3.63) is 0 Å². The molecular weight excluding hydrogens is 248 g/mol. The van der Waals surface area contributed by atoms with E-state index in [0.29, 0.717) is 12.0 Å². The number of aliphatic imine (C=N–C) groups is 1. The van der Waals surface area contributed by atoms with Crippen molar-refractivity contribution >= 4 is 5.96 Å². The quantitative estimate of drug-likeness (QED) is 0.579. The molecule has 1 aliphatic carbocycles. The maximum Gasteiger partial charge on any atom is 0.191 e. The van der Waals surface area contributed by atoms with Crippen molar-refractivity contribution in [1.82, 2.24) is 15.5 Å². The third-order valence-corrected chi connectivity index (χ3v) is 4.37. The molecule has 4 heteroatoms. The molecule has 1 saturated heterocycles. The van der Waals surface area contributed by atoms with Crippen LogP contribution in [0.25, 0.3) is 0 Å². The second-order valence-corrected chi connectivity index (χ2v) is 6.46. The van der Waals surface area contributed by atoms with Gasteiger partial charge in [-0.3, -0.25) is 4.99 Å². The lowest BCUT2D eigenvalue weighted by Gasteiger charge is -2.20. The summed E-state index contributed by atoms with van der Waals surface area (Å²) in [5, 5.41) is 6.97. The maximum absolute atomic E-state index is 4.79. The van der Waals surface area contributed by atoms with Crippen LogP contribution < -0.4 is 10.6 Å². The number of hydrogen-bond donors (Lipinski definition) is 2. The zero-order valence-corrected chi connectivity index (χ0v) is 13.3. The van der Waals surface area contributed by atoms with E-state index in [-0.39, 0.29) is 0 Å². The monoisotopic (exact) mass is 280 g/mol. The number of nitrogens with zero attached hydrogens (tertiary/aromatic N) is 2. The molecule has 1 saturated carbocycles. The van der Waals surface area contributed by atoms with Crippen molar-refractivity contribution in [3.8, 4) is 0 Å². The van der Waals surface area contributed by atoms with Crippen LogP contribution in [-0.4, -0.2) is 49.6 Å². The van der Waals surface area contributed by atoms with Crippen LogP contribution in [0.15, 0.2) is 4.99 Å². The summed E-state index contributed by atoms with van der Waals surface area (Å²) in [5.41, 5.74) is 0. The van der Waals surface area contributed by atoms with Gasteiger partial charge in [0.2, 0.25) is 0 Å². The Kier molecular flexibility index (Phi) is 6.64. The van der Waals surface area contributed by atoms with Gasteiger partial charge in [0, 0.05) is 25.7 Å². The van der Waals surface area contributed by atoms with Gasteiger partial charge in [-0.25, -0.2) is 0 Å². The molecule has 0 radical (unpaired) electrons. The van der Waals surface area contributed by atoms with E-state index in [2.05, 4.69) is 29.4 Å². The highest BCUT2D eigenvalue weighted by molar-refractivity contribution is 5.80. The Balaban J connectivity index is 1.74. The molecule has 1 aliphatic heterocycles. The Bertz CT molecular complexity index is 291. The van der Waals surface area contributed by atoms with E-state index in [1.54, 1.807) is 0 Å². The van der Waals surface area contributed by atoms with E-state index in [4.69, 9.17) is 4.99 Å². The molecule has 0 bridgehead atoms. The molecule has 1 unspecified atom stereocenters. The summed E-state index contributed by atoms with van der Waals surface area (Å²) >= 11 is 0. The molecule has 2 fully saturated rings. The van der Waals surface area contributed by atoms with Gasteiger partial charge in [0.25, 0.3) is 0 Å². The summed E-state index contributed by atoms with van der Waals surface area (Å²) in [7, 11) is 0. The number of rotatable bonds is 6. The highest BCUT2D eigenvalue weighted by Gasteiger charge is 2.17. The Labute approximate surface area is 124 Å². The lowest BCUT2D eigenvalue weighted by atomic mass is 10.2. The van der Waals surface area contributed by atoms with Gasteiger partial charge >= 0.3 is 0 Å². The lowest BCUT2D eigenvalue weighted by molar-refractivity contribution is 0.291. The van der Waals surface area contributed by atoms with Crippen LogP contribution in [0.1, 0.15) is 52.4 Å². The summed E-state index contributed by atoms with van der Waals surface area (Å²) in [5.74, 6) is 1.67. The van der Waals surface area contributed by atoms with E-state index < -0.39 is 0 Å². The molecule has 0 amide bonds. The van der Waals surface area contributed by atoms with Crippen molar-refractivity contribution in [2.45, 2.75) is 58.4 Å². The molecule has 0 spiro atoms. The van der Waals surface area contributed by atoms with E-state index in [9.17, 15) is 0 Å². The Hall–Kier alpha value is -0.770. The number of likely N-dealkylation sites (tertiary alicyclic amines) is 1. The van der Waals surface area contributed by atoms with Crippen molar-refractivity contribution in [2.75, 3.05) is 32.7 Å². The van der Waals surface area contributed by atoms with Gasteiger partial charge in [-0.15, -0.1) is 0 Å². The van der Waals surface area contributed by atoms with Gasteiger partial charge in [0.15, 0.2) is 5.96 Å². The van der Waals surface area contributed by atoms with Gasteiger partial charge in [0.1, 0.15) is 0 Å². The number of hydrogen-bond acceptors (Lipinski definition) is 2. The van der Waals surface area contributed by atoms with Crippen LogP contribution in [0.2, 0.25) is 0 Å². The van der Waals surface area contributed by atoms with Gasteiger partial charge in [-0.05, 0) is 51.6 Å².